The fourth-order valence-electron chi connectivity index (χ4n) is 4.86. The fourth-order valence-corrected chi connectivity index (χ4v) is 4.86. The molecular formula is C28H31N3O2. The molecule has 2 aromatic carbocycles. The maximum absolute atomic E-state index is 12.8. The third-order valence-corrected chi connectivity index (χ3v) is 6.68. The average molecular weight is 442 g/mol. The molecule has 33 heavy (non-hydrogen) atoms. The summed E-state index contributed by atoms with van der Waals surface area (Å²) in [5.41, 5.74) is 7.28. The molecule has 0 fully saturated rings. The lowest BCUT2D eigenvalue weighted by molar-refractivity contribution is -0.144. The maximum atomic E-state index is 12.8. The van der Waals surface area contributed by atoms with Gasteiger partial charge in [-0.05, 0) is 39.2 Å². The van der Waals surface area contributed by atoms with E-state index in [4.69, 9.17) is 10.1 Å². The smallest absolute Gasteiger partial charge is 0.314 e. The molecule has 4 rings (SSSR count). The van der Waals surface area contributed by atoms with Crippen LogP contribution in [0.25, 0.3) is 28.0 Å². The van der Waals surface area contributed by atoms with Gasteiger partial charge in [0.15, 0.2) is 5.65 Å². The number of carboxylic acids is 1. The summed E-state index contributed by atoms with van der Waals surface area (Å²) in [7, 11) is 0. The Hall–Kier alpha value is -3.47. The Balaban J connectivity index is 2.11. The van der Waals surface area contributed by atoms with Crippen molar-refractivity contribution < 1.29 is 9.90 Å². The number of fused-ring (bicyclic) bond motifs is 1. The van der Waals surface area contributed by atoms with Gasteiger partial charge in [-0.1, -0.05) is 79.9 Å². The molecule has 0 aliphatic carbocycles. The molecule has 0 saturated carbocycles. The number of nitrogens with zero attached hydrogens (tertiary/aromatic N) is 3. The number of hydrogen-bond acceptors (Lipinski definition) is 3. The molecule has 2 heterocycles. The van der Waals surface area contributed by atoms with Crippen LogP contribution in [0, 0.1) is 20.8 Å². The van der Waals surface area contributed by atoms with E-state index in [9.17, 15) is 9.90 Å². The van der Waals surface area contributed by atoms with Gasteiger partial charge in [0.2, 0.25) is 0 Å². The molecular weight excluding hydrogens is 410 g/mol. The quantitative estimate of drug-likeness (QED) is 0.354. The average Bonchev–Trinajstić information content (AvgIpc) is 3.21. The van der Waals surface area contributed by atoms with Crippen LogP contribution in [0.2, 0.25) is 0 Å². The molecule has 0 spiro atoms. The molecule has 1 N–H and O–H groups in total. The van der Waals surface area contributed by atoms with Gasteiger partial charge >= 0.3 is 5.97 Å². The number of hydrogen-bond donors (Lipinski definition) is 1. The number of aryl methyl sites for hydroxylation is 3. The molecule has 0 aliphatic rings. The van der Waals surface area contributed by atoms with Crippen LogP contribution in [0.15, 0.2) is 54.7 Å². The van der Waals surface area contributed by atoms with Crippen molar-refractivity contribution in [3.63, 3.8) is 0 Å². The molecule has 0 saturated heterocycles. The van der Waals surface area contributed by atoms with Crippen LogP contribution in [0.4, 0.5) is 0 Å². The Kier molecular flexibility index (Phi) is 6.07. The van der Waals surface area contributed by atoms with Gasteiger partial charge < -0.3 is 5.11 Å². The first-order valence-electron chi connectivity index (χ1n) is 11.6. The van der Waals surface area contributed by atoms with Crippen LogP contribution < -0.4 is 0 Å². The van der Waals surface area contributed by atoms with Gasteiger partial charge in [0.05, 0.1) is 17.3 Å². The van der Waals surface area contributed by atoms with Gasteiger partial charge in [0.1, 0.15) is 0 Å². The Morgan fingerprint density at radius 2 is 1.52 bits per heavy atom. The summed E-state index contributed by atoms with van der Waals surface area (Å²) in [6.07, 6.45) is 3.62. The zero-order chi connectivity index (χ0) is 23.8. The second-order valence-corrected chi connectivity index (χ2v) is 8.94. The monoisotopic (exact) mass is 441 g/mol. The molecule has 0 amide bonds. The standard InChI is InChI=1S/C28H31N3O2/c1-6-16-28(7-2,27(32)33)24-20(5)30-26-23(21-12-8-18(3)9-13-21)17-29-31(26)25(24)22-14-10-19(4)11-15-22/h8-15,17H,6-7,16H2,1-5H3,(H,32,33). The summed E-state index contributed by atoms with van der Waals surface area (Å²) in [4.78, 5) is 17.7. The fraction of sp³-hybridized carbons (Fsp3) is 0.321. The molecule has 1 atom stereocenters. The number of carbonyl (C=O) groups is 1. The van der Waals surface area contributed by atoms with Gasteiger partial charge in [-0.25, -0.2) is 9.50 Å². The summed E-state index contributed by atoms with van der Waals surface area (Å²) < 4.78 is 1.84. The molecule has 5 heteroatoms. The number of aliphatic carboxylic acids is 1. The lowest BCUT2D eigenvalue weighted by atomic mass is 9.72. The van der Waals surface area contributed by atoms with Crippen LogP contribution in [0.1, 0.15) is 55.5 Å². The first-order valence-corrected chi connectivity index (χ1v) is 11.6. The summed E-state index contributed by atoms with van der Waals surface area (Å²) >= 11 is 0. The zero-order valence-corrected chi connectivity index (χ0v) is 20.0. The van der Waals surface area contributed by atoms with Crippen LogP contribution in [0.3, 0.4) is 0 Å². The molecule has 5 nitrogen and oxygen atoms in total. The van der Waals surface area contributed by atoms with E-state index in [1.165, 1.54) is 5.56 Å². The van der Waals surface area contributed by atoms with Crippen LogP contribution in [-0.2, 0) is 10.2 Å². The number of aromatic nitrogens is 3. The first kappa shape index (κ1) is 22.7. The van der Waals surface area contributed by atoms with Crippen LogP contribution >= 0.6 is 0 Å². The van der Waals surface area contributed by atoms with Gasteiger partial charge in [0, 0.05) is 22.4 Å². The topological polar surface area (TPSA) is 67.5 Å². The van der Waals surface area contributed by atoms with E-state index in [-0.39, 0.29) is 0 Å². The predicted molar refractivity (Wildman–Crippen MR) is 133 cm³/mol. The largest absolute Gasteiger partial charge is 0.481 e. The van der Waals surface area contributed by atoms with Crippen LogP contribution in [-0.4, -0.2) is 25.7 Å². The minimum absolute atomic E-state index is 0.481. The molecule has 0 aliphatic heterocycles. The van der Waals surface area contributed by atoms with Crippen molar-refractivity contribution in [1.82, 2.24) is 14.6 Å². The zero-order valence-electron chi connectivity index (χ0n) is 20.0. The highest BCUT2D eigenvalue weighted by Gasteiger charge is 2.42. The summed E-state index contributed by atoms with van der Waals surface area (Å²) in [6, 6.07) is 16.5. The third-order valence-electron chi connectivity index (χ3n) is 6.68. The highest BCUT2D eigenvalue weighted by atomic mass is 16.4. The Morgan fingerprint density at radius 3 is 2.03 bits per heavy atom. The molecule has 170 valence electrons. The van der Waals surface area contributed by atoms with Crippen molar-refractivity contribution in [1.29, 1.82) is 0 Å². The second kappa shape index (κ2) is 8.81. The Morgan fingerprint density at radius 1 is 0.939 bits per heavy atom. The van der Waals surface area contributed by atoms with Crippen molar-refractivity contribution >= 4 is 11.6 Å². The van der Waals surface area contributed by atoms with Crippen LogP contribution in [0.5, 0.6) is 0 Å². The van der Waals surface area contributed by atoms with Crippen molar-refractivity contribution in [2.75, 3.05) is 0 Å². The normalized spacial score (nSPS) is 13.2. The van der Waals surface area contributed by atoms with Crippen molar-refractivity contribution in [3.05, 3.63) is 77.1 Å². The van der Waals surface area contributed by atoms with Crippen molar-refractivity contribution in [3.8, 4) is 22.4 Å². The van der Waals surface area contributed by atoms with Gasteiger partial charge in [-0.3, -0.25) is 4.79 Å². The molecule has 0 bridgehead atoms. The van der Waals surface area contributed by atoms with Crippen molar-refractivity contribution in [2.24, 2.45) is 0 Å². The highest BCUT2D eigenvalue weighted by molar-refractivity contribution is 5.87. The number of rotatable bonds is 7. The molecule has 4 aromatic rings. The molecule has 2 aromatic heterocycles. The minimum Gasteiger partial charge on any atom is -0.481 e. The second-order valence-electron chi connectivity index (χ2n) is 8.94. The van der Waals surface area contributed by atoms with E-state index in [0.29, 0.717) is 12.8 Å². The van der Waals surface area contributed by atoms with E-state index in [2.05, 4.69) is 55.5 Å². The van der Waals surface area contributed by atoms with E-state index < -0.39 is 11.4 Å². The molecule has 1 unspecified atom stereocenters. The number of benzene rings is 2. The lowest BCUT2D eigenvalue weighted by Crippen LogP contribution is -2.37. The summed E-state index contributed by atoms with van der Waals surface area (Å²) in [6.45, 7) is 10.0. The van der Waals surface area contributed by atoms with E-state index in [0.717, 1.165) is 51.3 Å². The predicted octanol–water partition coefficient (Wildman–Crippen LogP) is 6.52. The Bertz CT molecular complexity index is 1300. The van der Waals surface area contributed by atoms with Gasteiger partial charge in [-0.15, -0.1) is 0 Å². The minimum atomic E-state index is -1.03. The SMILES string of the molecule is CCCC(CC)(C(=O)O)c1c(C)nc2c(-c3ccc(C)cc3)cnn2c1-c1ccc(C)cc1. The van der Waals surface area contributed by atoms with Gasteiger partial charge in [-0.2, -0.15) is 5.10 Å². The third kappa shape index (κ3) is 3.82. The van der Waals surface area contributed by atoms with E-state index >= 15 is 0 Å². The summed E-state index contributed by atoms with van der Waals surface area (Å²) in [5, 5.41) is 15.2. The molecule has 0 radical (unpaired) electrons. The van der Waals surface area contributed by atoms with E-state index in [1.807, 2.05) is 38.4 Å². The Labute approximate surface area is 195 Å². The van der Waals surface area contributed by atoms with Gasteiger partial charge in [0.25, 0.3) is 0 Å². The number of carboxylic acid groups (broad SMARTS) is 1. The highest BCUT2D eigenvalue weighted by Crippen LogP contribution is 2.42. The summed E-state index contributed by atoms with van der Waals surface area (Å²) in [5.74, 6) is -0.810. The van der Waals surface area contributed by atoms with Crippen molar-refractivity contribution in [2.45, 2.75) is 59.3 Å². The first-order chi connectivity index (χ1) is 15.8. The lowest BCUT2D eigenvalue weighted by Gasteiger charge is -2.32. The van der Waals surface area contributed by atoms with E-state index in [1.54, 1.807) is 0 Å². The maximum Gasteiger partial charge on any atom is 0.314 e.